The summed E-state index contributed by atoms with van der Waals surface area (Å²) >= 11 is 0. The molecule has 0 saturated heterocycles. The van der Waals surface area contributed by atoms with E-state index in [0.29, 0.717) is 11.6 Å². The number of rotatable bonds is 9. The van der Waals surface area contributed by atoms with Crippen LogP contribution in [0.25, 0.3) is 11.8 Å². The van der Waals surface area contributed by atoms with E-state index in [2.05, 4.69) is 28.8 Å². The zero-order valence-corrected chi connectivity index (χ0v) is 20.8. The van der Waals surface area contributed by atoms with Gasteiger partial charge in [-0.25, -0.2) is 9.48 Å². The van der Waals surface area contributed by atoms with Crippen LogP contribution in [0.2, 0.25) is 0 Å². The van der Waals surface area contributed by atoms with E-state index >= 15 is 0 Å². The summed E-state index contributed by atoms with van der Waals surface area (Å²) in [7, 11) is 0. The van der Waals surface area contributed by atoms with E-state index in [9.17, 15) is 20.1 Å². The molecule has 0 aliphatic heterocycles. The predicted octanol–water partition coefficient (Wildman–Crippen LogP) is 4.30. The van der Waals surface area contributed by atoms with Crippen molar-refractivity contribution >= 4 is 23.8 Å². The number of carbonyl (C=O) groups excluding carboxylic acids is 2. The van der Waals surface area contributed by atoms with Crippen LogP contribution in [0, 0.1) is 42.4 Å². The number of hydrogen-bond donors (Lipinski definition) is 1. The highest BCUT2D eigenvalue weighted by atomic mass is 16.5. The number of anilines is 1. The molecule has 36 heavy (non-hydrogen) atoms. The van der Waals surface area contributed by atoms with E-state index in [-0.39, 0.29) is 17.0 Å². The van der Waals surface area contributed by atoms with Crippen LogP contribution >= 0.6 is 0 Å². The summed E-state index contributed by atoms with van der Waals surface area (Å²) in [6.45, 7) is 8.46. The first kappa shape index (κ1) is 26.0. The van der Waals surface area contributed by atoms with Gasteiger partial charge in [0.05, 0.1) is 11.9 Å². The summed E-state index contributed by atoms with van der Waals surface area (Å²) in [5.41, 5.74) is 3.33. The van der Waals surface area contributed by atoms with Gasteiger partial charge in [-0.05, 0) is 56.0 Å². The fraction of sp³-hybridized carbons (Fsp3) is 0.296. The minimum Gasteiger partial charge on any atom is -0.451 e. The van der Waals surface area contributed by atoms with Crippen LogP contribution in [0.5, 0.6) is 0 Å². The SMILES string of the molecule is Cc1cc(/C=C(/C#N)C(=O)OCC(=O)Nc2c(C#N)cnn2-c2ccccc2)c(C)n1CCC(C)C. The third-order valence-electron chi connectivity index (χ3n) is 5.67. The zero-order valence-electron chi connectivity index (χ0n) is 20.8. The van der Waals surface area contributed by atoms with Crippen LogP contribution in [0.4, 0.5) is 5.82 Å². The number of para-hydroxylation sites is 1. The number of esters is 1. The van der Waals surface area contributed by atoms with Crippen molar-refractivity contribution < 1.29 is 14.3 Å². The lowest BCUT2D eigenvalue weighted by Crippen LogP contribution is -2.23. The maximum absolute atomic E-state index is 12.5. The molecule has 2 aromatic heterocycles. The van der Waals surface area contributed by atoms with Gasteiger partial charge in [-0.3, -0.25) is 4.79 Å². The first-order valence-electron chi connectivity index (χ1n) is 11.5. The Morgan fingerprint density at radius 3 is 2.56 bits per heavy atom. The van der Waals surface area contributed by atoms with Gasteiger partial charge < -0.3 is 14.6 Å². The molecule has 1 amide bonds. The van der Waals surface area contributed by atoms with Crippen molar-refractivity contribution in [3.05, 3.63) is 70.7 Å². The number of nitriles is 2. The number of nitrogens with one attached hydrogen (secondary N) is 1. The highest BCUT2D eigenvalue weighted by molar-refractivity contribution is 6.00. The van der Waals surface area contributed by atoms with Crippen molar-refractivity contribution in [3.8, 4) is 17.8 Å². The number of hydrogen-bond acceptors (Lipinski definition) is 6. The second-order valence-corrected chi connectivity index (χ2v) is 8.72. The van der Waals surface area contributed by atoms with Crippen LogP contribution < -0.4 is 5.32 Å². The highest BCUT2D eigenvalue weighted by Gasteiger charge is 2.18. The molecule has 0 bridgehead atoms. The Bertz CT molecular complexity index is 1370. The molecule has 0 fully saturated rings. The van der Waals surface area contributed by atoms with Crippen LogP contribution in [0.15, 0.2) is 48.2 Å². The second kappa shape index (κ2) is 11.7. The number of benzene rings is 1. The molecule has 0 aliphatic carbocycles. The Kier molecular flexibility index (Phi) is 8.43. The molecule has 3 rings (SSSR count). The van der Waals surface area contributed by atoms with Crippen molar-refractivity contribution in [2.75, 3.05) is 11.9 Å². The standard InChI is InChI=1S/C27H28N6O3/c1-18(2)10-11-32-19(3)12-21(20(32)4)13-22(14-28)27(35)36-17-25(34)31-26-23(15-29)16-30-33(26)24-8-6-5-7-9-24/h5-9,12-13,16,18H,10-11,17H2,1-4H3,(H,31,34)/b22-13-. The lowest BCUT2D eigenvalue weighted by molar-refractivity contribution is -0.142. The van der Waals surface area contributed by atoms with Gasteiger partial charge in [0.2, 0.25) is 0 Å². The van der Waals surface area contributed by atoms with E-state index in [0.717, 1.165) is 29.9 Å². The molecule has 9 nitrogen and oxygen atoms in total. The summed E-state index contributed by atoms with van der Waals surface area (Å²) in [6, 6.07) is 14.7. The molecule has 2 heterocycles. The van der Waals surface area contributed by atoms with E-state index in [1.54, 1.807) is 24.3 Å². The first-order chi connectivity index (χ1) is 17.2. The number of aromatic nitrogens is 3. The summed E-state index contributed by atoms with van der Waals surface area (Å²) in [4.78, 5) is 25.1. The lowest BCUT2D eigenvalue weighted by Gasteiger charge is -2.11. The van der Waals surface area contributed by atoms with Crippen molar-refractivity contribution in [2.24, 2.45) is 5.92 Å². The maximum atomic E-state index is 12.5. The third-order valence-corrected chi connectivity index (χ3v) is 5.67. The number of amides is 1. The van der Waals surface area contributed by atoms with Crippen LogP contribution in [0.1, 0.15) is 42.8 Å². The Morgan fingerprint density at radius 2 is 1.92 bits per heavy atom. The topological polar surface area (TPSA) is 126 Å². The number of ether oxygens (including phenoxy) is 1. The summed E-state index contributed by atoms with van der Waals surface area (Å²) < 4.78 is 8.66. The lowest BCUT2D eigenvalue weighted by atomic mass is 10.1. The summed E-state index contributed by atoms with van der Waals surface area (Å²) in [6.07, 6.45) is 3.83. The highest BCUT2D eigenvalue weighted by Crippen LogP contribution is 2.21. The Balaban J connectivity index is 1.70. The second-order valence-electron chi connectivity index (χ2n) is 8.72. The molecular formula is C27H28N6O3. The summed E-state index contributed by atoms with van der Waals surface area (Å²) in [5.74, 6) is -0.857. The fourth-order valence-corrected chi connectivity index (χ4v) is 3.69. The van der Waals surface area contributed by atoms with Crippen molar-refractivity contribution in [1.29, 1.82) is 10.5 Å². The molecule has 1 aromatic carbocycles. The van der Waals surface area contributed by atoms with Gasteiger partial charge >= 0.3 is 5.97 Å². The number of aryl methyl sites for hydroxylation is 1. The van der Waals surface area contributed by atoms with Crippen molar-refractivity contribution in [3.63, 3.8) is 0 Å². The monoisotopic (exact) mass is 484 g/mol. The zero-order chi connectivity index (χ0) is 26.2. The van der Waals surface area contributed by atoms with E-state index in [4.69, 9.17) is 4.74 Å². The minimum atomic E-state index is -0.906. The quantitative estimate of drug-likeness (QED) is 0.274. The third kappa shape index (κ3) is 6.08. The molecule has 0 spiro atoms. The van der Waals surface area contributed by atoms with Gasteiger partial charge in [0.25, 0.3) is 5.91 Å². The van der Waals surface area contributed by atoms with Gasteiger partial charge in [0, 0.05) is 17.9 Å². The van der Waals surface area contributed by atoms with E-state index in [1.807, 2.05) is 38.1 Å². The van der Waals surface area contributed by atoms with E-state index in [1.165, 1.54) is 17.0 Å². The fourth-order valence-electron chi connectivity index (χ4n) is 3.69. The maximum Gasteiger partial charge on any atom is 0.349 e. The molecule has 0 aliphatic rings. The van der Waals surface area contributed by atoms with Gasteiger partial charge in [-0.1, -0.05) is 32.0 Å². The molecule has 184 valence electrons. The largest absolute Gasteiger partial charge is 0.451 e. The Morgan fingerprint density at radius 1 is 1.19 bits per heavy atom. The average molecular weight is 485 g/mol. The van der Waals surface area contributed by atoms with Crippen LogP contribution in [-0.4, -0.2) is 32.8 Å². The molecule has 0 radical (unpaired) electrons. The van der Waals surface area contributed by atoms with Gasteiger partial charge in [0.1, 0.15) is 23.3 Å². The molecule has 1 N–H and O–H groups in total. The van der Waals surface area contributed by atoms with Gasteiger partial charge in [0.15, 0.2) is 12.4 Å². The molecule has 3 aromatic rings. The molecular weight excluding hydrogens is 456 g/mol. The smallest absolute Gasteiger partial charge is 0.349 e. The molecule has 0 atom stereocenters. The van der Waals surface area contributed by atoms with Crippen LogP contribution in [0.3, 0.4) is 0 Å². The minimum absolute atomic E-state index is 0.156. The molecule has 9 heteroatoms. The van der Waals surface area contributed by atoms with Crippen molar-refractivity contribution in [2.45, 2.75) is 40.7 Å². The number of carbonyl (C=O) groups is 2. The Hall–Kier alpha value is -4.63. The van der Waals surface area contributed by atoms with Gasteiger partial charge in [-0.15, -0.1) is 0 Å². The van der Waals surface area contributed by atoms with Crippen LogP contribution in [-0.2, 0) is 20.9 Å². The van der Waals surface area contributed by atoms with E-state index < -0.39 is 18.5 Å². The number of nitrogens with zero attached hydrogens (tertiary/aromatic N) is 5. The Labute approximate surface area is 210 Å². The molecule has 0 saturated carbocycles. The normalized spacial score (nSPS) is 11.1. The van der Waals surface area contributed by atoms with Crippen molar-refractivity contribution in [1.82, 2.24) is 14.3 Å². The van der Waals surface area contributed by atoms with Gasteiger partial charge in [-0.2, -0.15) is 15.6 Å². The summed E-state index contributed by atoms with van der Waals surface area (Å²) in [5, 5.41) is 25.6. The first-order valence-corrected chi connectivity index (χ1v) is 11.5. The molecule has 0 unspecified atom stereocenters. The predicted molar refractivity (Wildman–Crippen MR) is 135 cm³/mol. The average Bonchev–Trinajstić information content (AvgIpc) is 3.39.